The standard InChI is InChI=1S/C5H4IN5/c6-3-2-4(9-1-8-2)11-5(7)10-3/h1H,(H3,7,8,9,10,11)/p+1. The predicted molar refractivity (Wildman–Crippen MR) is 47.6 cm³/mol. The minimum atomic E-state index is 0.290. The molecule has 5 nitrogen and oxygen atoms in total. The number of nitrogens with one attached hydrogen (secondary N) is 2. The van der Waals surface area contributed by atoms with Crippen LogP contribution in [0.5, 0.6) is 0 Å². The van der Waals surface area contributed by atoms with Crippen molar-refractivity contribution in [3.8, 4) is 0 Å². The van der Waals surface area contributed by atoms with E-state index in [0.717, 1.165) is 14.9 Å². The van der Waals surface area contributed by atoms with Crippen molar-refractivity contribution in [1.82, 2.24) is 15.0 Å². The Bertz CT molecular complexity index is 395. The fraction of sp³-hybridized carbons (Fsp3) is 0. The minimum absolute atomic E-state index is 0.290. The molecule has 0 bridgehead atoms. The minimum Gasteiger partial charge on any atom is -0.354 e. The van der Waals surface area contributed by atoms with E-state index in [9.17, 15) is 0 Å². The molecular weight excluding hydrogens is 257 g/mol. The van der Waals surface area contributed by atoms with Crippen LogP contribution in [0.2, 0.25) is 0 Å². The maximum absolute atomic E-state index is 5.42. The fourth-order valence-corrected chi connectivity index (χ4v) is 1.52. The Morgan fingerprint density at radius 2 is 2.36 bits per heavy atom. The van der Waals surface area contributed by atoms with Gasteiger partial charge in [0.2, 0.25) is 5.52 Å². The predicted octanol–water partition coefficient (Wildman–Crippen LogP) is -0.0412. The first-order valence-electron chi connectivity index (χ1n) is 2.95. The van der Waals surface area contributed by atoms with Crippen LogP contribution in [0.15, 0.2) is 6.33 Å². The average molecular weight is 262 g/mol. The Kier molecular flexibility index (Phi) is 1.41. The van der Waals surface area contributed by atoms with Gasteiger partial charge in [0.15, 0.2) is 10.0 Å². The molecule has 0 aliphatic carbocycles. The Labute approximate surface area is 75.6 Å². The lowest BCUT2D eigenvalue weighted by Gasteiger charge is -1.86. The molecule has 56 valence electrons. The van der Waals surface area contributed by atoms with Crippen LogP contribution >= 0.6 is 22.6 Å². The zero-order valence-electron chi connectivity index (χ0n) is 5.43. The van der Waals surface area contributed by atoms with E-state index in [1.54, 1.807) is 6.33 Å². The molecule has 2 aromatic rings. The average Bonchev–Trinajstić information content (AvgIpc) is 2.34. The quantitative estimate of drug-likeness (QED) is 0.516. The Balaban J connectivity index is 2.91. The highest BCUT2D eigenvalue weighted by atomic mass is 127. The third-order valence-electron chi connectivity index (χ3n) is 1.31. The summed E-state index contributed by atoms with van der Waals surface area (Å²) >= 11 is 2.10. The second-order valence-corrected chi connectivity index (χ2v) is 3.05. The Hall–Kier alpha value is -0.920. The third-order valence-corrected chi connectivity index (χ3v) is 2.09. The van der Waals surface area contributed by atoms with Gasteiger partial charge < -0.3 is 5.73 Å². The molecule has 0 fully saturated rings. The van der Waals surface area contributed by atoms with Gasteiger partial charge in [-0.3, -0.25) is 4.98 Å². The maximum atomic E-state index is 5.42. The van der Waals surface area contributed by atoms with Gasteiger partial charge in [0.05, 0.1) is 0 Å². The van der Waals surface area contributed by atoms with Crippen LogP contribution in [-0.2, 0) is 0 Å². The molecule has 0 aliphatic heterocycles. The number of halogens is 1. The normalized spacial score (nSPS) is 10.6. The topological polar surface area (TPSA) is 81.7 Å². The van der Waals surface area contributed by atoms with E-state index in [1.807, 2.05) is 0 Å². The van der Waals surface area contributed by atoms with E-state index in [2.05, 4.69) is 42.5 Å². The molecule has 0 saturated carbocycles. The van der Waals surface area contributed by atoms with Gasteiger partial charge in [-0.05, 0) is 22.6 Å². The number of nitrogen functional groups attached to an aromatic ring is 1. The Morgan fingerprint density at radius 3 is 3.18 bits per heavy atom. The molecular formula is C5H5IN5+. The molecule has 2 heterocycles. The van der Waals surface area contributed by atoms with Gasteiger partial charge >= 0.3 is 5.65 Å². The number of aromatic amines is 2. The van der Waals surface area contributed by atoms with Gasteiger partial charge in [-0.1, -0.05) is 4.98 Å². The number of hydrogen-bond donors (Lipinski definition) is 2. The molecule has 0 radical (unpaired) electrons. The number of H-pyrrole nitrogens is 2. The summed E-state index contributed by atoms with van der Waals surface area (Å²) in [4.78, 5) is 13.8. The van der Waals surface area contributed by atoms with E-state index in [1.165, 1.54) is 0 Å². The molecule has 0 spiro atoms. The molecule has 6 heteroatoms. The first-order chi connectivity index (χ1) is 5.27. The molecule has 0 aliphatic rings. The lowest BCUT2D eigenvalue weighted by molar-refractivity contribution is -0.347. The van der Waals surface area contributed by atoms with Crippen LogP contribution in [0.4, 0.5) is 5.95 Å². The largest absolute Gasteiger partial charge is 0.354 e. The maximum Gasteiger partial charge on any atom is 0.306 e. The van der Waals surface area contributed by atoms with Crippen LogP contribution in [0, 0.1) is 3.70 Å². The lowest BCUT2D eigenvalue weighted by Crippen LogP contribution is -2.03. The van der Waals surface area contributed by atoms with Crippen molar-refractivity contribution < 1.29 is 4.98 Å². The van der Waals surface area contributed by atoms with Gasteiger partial charge in [0.1, 0.15) is 0 Å². The van der Waals surface area contributed by atoms with Crippen LogP contribution in [0.3, 0.4) is 0 Å². The van der Waals surface area contributed by atoms with Gasteiger partial charge in [0, 0.05) is 0 Å². The molecule has 0 aromatic carbocycles. The summed E-state index contributed by atoms with van der Waals surface area (Å²) in [7, 11) is 0. The first kappa shape index (κ1) is 6.77. The van der Waals surface area contributed by atoms with E-state index >= 15 is 0 Å². The van der Waals surface area contributed by atoms with Gasteiger partial charge in [-0.25, -0.2) is 4.98 Å². The van der Waals surface area contributed by atoms with E-state index in [0.29, 0.717) is 0 Å². The van der Waals surface area contributed by atoms with Crippen LogP contribution in [0.1, 0.15) is 0 Å². The van der Waals surface area contributed by atoms with Gasteiger partial charge in [-0.2, -0.15) is 4.98 Å². The molecule has 2 rings (SSSR count). The number of nitrogens with two attached hydrogens (primary N) is 1. The summed E-state index contributed by atoms with van der Waals surface area (Å²) in [6.07, 6.45) is 1.70. The second-order valence-electron chi connectivity index (χ2n) is 2.03. The van der Waals surface area contributed by atoms with Crippen molar-refractivity contribution in [2.75, 3.05) is 5.73 Å². The number of anilines is 1. The Morgan fingerprint density at radius 1 is 1.55 bits per heavy atom. The molecule has 2 aromatic heterocycles. The van der Waals surface area contributed by atoms with Crippen LogP contribution in [0.25, 0.3) is 11.2 Å². The van der Waals surface area contributed by atoms with Crippen molar-refractivity contribution in [3.63, 3.8) is 0 Å². The number of rotatable bonds is 0. The molecule has 0 unspecified atom stereocenters. The number of fused-ring (bicyclic) bond motifs is 1. The molecule has 11 heavy (non-hydrogen) atoms. The van der Waals surface area contributed by atoms with E-state index in [4.69, 9.17) is 5.73 Å². The molecule has 4 N–H and O–H groups in total. The number of nitrogens with zero attached hydrogens (tertiary/aromatic N) is 2. The highest BCUT2D eigenvalue weighted by molar-refractivity contribution is 14.1. The van der Waals surface area contributed by atoms with Crippen molar-refractivity contribution in [2.45, 2.75) is 0 Å². The van der Waals surface area contributed by atoms with E-state index < -0.39 is 0 Å². The highest BCUT2D eigenvalue weighted by Crippen LogP contribution is 2.11. The van der Waals surface area contributed by atoms with Crippen molar-refractivity contribution in [1.29, 1.82) is 0 Å². The smallest absolute Gasteiger partial charge is 0.306 e. The third kappa shape index (κ3) is 1.02. The van der Waals surface area contributed by atoms with Crippen molar-refractivity contribution in [3.05, 3.63) is 10.0 Å². The molecule has 0 atom stereocenters. The van der Waals surface area contributed by atoms with Crippen molar-refractivity contribution >= 4 is 39.7 Å². The van der Waals surface area contributed by atoms with Crippen LogP contribution in [-0.4, -0.2) is 15.0 Å². The summed E-state index contributed by atoms with van der Waals surface area (Å²) in [6.45, 7) is 0. The van der Waals surface area contributed by atoms with Gasteiger partial charge in [-0.15, -0.1) is 0 Å². The van der Waals surface area contributed by atoms with Crippen molar-refractivity contribution in [2.24, 2.45) is 0 Å². The molecule has 0 saturated heterocycles. The number of aromatic nitrogens is 4. The summed E-state index contributed by atoms with van der Waals surface area (Å²) < 4.78 is 0.825. The highest BCUT2D eigenvalue weighted by Gasteiger charge is 2.10. The SMILES string of the molecule is Nc1nc(I)c2[nH]c[nH+]c2n1. The van der Waals surface area contributed by atoms with E-state index in [-0.39, 0.29) is 5.95 Å². The van der Waals surface area contributed by atoms with Gasteiger partial charge in [0.25, 0.3) is 5.95 Å². The summed E-state index contributed by atoms with van der Waals surface area (Å²) in [5, 5.41) is 0. The lowest BCUT2D eigenvalue weighted by atomic mass is 10.6. The number of hydrogen-bond acceptors (Lipinski definition) is 3. The van der Waals surface area contributed by atoms with Crippen LogP contribution < -0.4 is 10.7 Å². The summed E-state index contributed by atoms with van der Waals surface area (Å²) in [5.41, 5.74) is 7.05. The number of imidazole rings is 1. The second kappa shape index (κ2) is 2.29. The first-order valence-corrected chi connectivity index (χ1v) is 4.03. The summed E-state index contributed by atoms with van der Waals surface area (Å²) in [6, 6.07) is 0. The summed E-state index contributed by atoms with van der Waals surface area (Å²) in [5.74, 6) is 0.290. The fourth-order valence-electron chi connectivity index (χ4n) is 0.859. The zero-order chi connectivity index (χ0) is 7.84. The molecule has 0 amide bonds. The zero-order valence-corrected chi connectivity index (χ0v) is 7.58. The monoisotopic (exact) mass is 262 g/mol.